The van der Waals surface area contributed by atoms with Crippen molar-refractivity contribution in [3.63, 3.8) is 0 Å². The number of hydrogen-bond donors (Lipinski definition) is 1. The molecule has 0 saturated carbocycles. The highest BCUT2D eigenvalue weighted by molar-refractivity contribution is 7.89. The molecule has 18 heavy (non-hydrogen) atoms. The van der Waals surface area contributed by atoms with Crippen LogP contribution in [0.4, 0.5) is 0 Å². The van der Waals surface area contributed by atoms with E-state index in [9.17, 15) is 8.42 Å². The fourth-order valence-corrected chi connectivity index (χ4v) is 2.98. The highest BCUT2D eigenvalue weighted by atomic mass is 32.2. The van der Waals surface area contributed by atoms with Crippen LogP contribution >= 0.6 is 0 Å². The zero-order chi connectivity index (χ0) is 13.0. The van der Waals surface area contributed by atoms with Crippen LogP contribution in [0.5, 0.6) is 0 Å². The van der Waals surface area contributed by atoms with Gasteiger partial charge in [-0.25, -0.2) is 13.1 Å². The van der Waals surface area contributed by atoms with Crippen molar-refractivity contribution in [3.05, 3.63) is 49.3 Å². The van der Waals surface area contributed by atoms with Crippen LogP contribution in [0.25, 0.3) is 10.8 Å². The first-order valence-electron chi connectivity index (χ1n) is 5.58. The summed E-state index contributed by atoms with van der Waals surface area (Å²) in [6.07, 6.45) is 5.52. The number of benzene rings is 1. The van der Waals surface area contributed by atoms with Gasteiger partial charge >= 0.3 is 0 Å². The van der Waals surface area contributed by atoms with Gasteiger partial charge in [0.25, 0.3) is 0 Å². The summed E-state index contributed by atoms with van der Waals surface area (Å²) < 4.78 is 26.9. The number of rotatable bonds is 5. The monoisotopic (exact) mass is 262 g/mol. The van der Waals surface area contributed by atoms with Crippen molar-refractivity contribution < 1.29 is 8.42 Å². The number of sulfonamides is 1. The largest absolute Gasteiger partial charge is 0.264 e. The lowest BCUT2D eigenvalue weighted by atomic mass is 10.2. The van der Waals surface area contributed by atoms with E-state index in [0.717, 1.165) is 5.39 Å². The van der Waals surface area contributed by atoms with Crippen molar-refractivity contribution >= 4 is 20.8 Å². The van der Waals surface area contributed by atoms with Gasteiger partial charge in [-0.3, -0.25) is 4.98 Å². The van der Waals surface area contributed by atoms with Gasteiger partial charge in [-0.05, 0) is 18.6 Å². The molecule has 0 atom stereocenters. The minimum atomic E-state index is -3.48. The van der Waals surface area contributed by atoms with Gasteiger partial charge < -0.3 is 0 Å². The molecule has 1 N–H and O–H groups in total. The van der Waals surface area contributed by atoms with E-state index < -0.39 is 10.0 Å². The van der Waals surface area contributed by atoms with Gasteiger partial charge in [-0.2, -0.15) is 0 Å². The Labute approximate surface area is 106 Å². The molecule has 0 unspecified atom stereocenters. The third-order valence-corrected chi connectivity index (χ3v) is 4.09. The van der Waals surface area contributed by atoms with Gasteiger partial charge in [-0.1, -0.05) is 18.2 Å². The summed E-state index contributed by atoms with van der Waals surface area (Å²) in [5, 5.41) is 1.49. The second kappa shape index (κ2) is 5.29. The van der Waals surface area contributed by atoms with Crippen LogP contribution in [0, 0.1) is 0 Å². The zero-order valence-electron chi connectivity index (χ0n) is 9.83. The lowest BCUT2D eigenvalue weighted by molar-refractivity contribution is 0.583. The second-order valence-electron chi connectivity index (χ2n) is 3.83. The number of nitrogens with zero attached hydrogens (tertiary/aromatic N) is 1. The Morgan fingerprint density at radius 1 is 1.33 bits per heavy atom. The molecule has 2 rings (SSSR count). The predicted octanol–water partition coefficient (Wildman–Crippen LogP) is 2.09. The summed E-state index contributed by atoms with van der Waals surface area (Å²) in [7, 11) is -3.48. The number of pyridine rings is 1. The quantitative estimate of drug-likeness (QED) is 0.663. The molecule has 1 aromatic carbocycles. The van der Waals surface area contributed by atoms with Crippen LogP contribution in [0.1, 0.15) is 6.42 Å². The molecule has 0 radical (unpaired) electrons. The maximum Gasteiger partial charge on any atom is 0.241 e. The summed E-state index contributed by atoms with van der Waals surface area (Å²) >= 11 is 0. The lowest BCUT2D eigenvalue weighted by Gasteiger charge is -2.08. The second-order valence-corrected chi connectivity index (χ2v) is 5.56. The molecule has 2 aromatic rings. The summed E-state index contributed by atoms with van der Waals surface area (Å²) in [6, 6.07) is 6.85. The molecule has 0 saturated heterocycles. The Bertz CT molecular complexity index is 660. The molecule has 0 amide bonds. The molecule has 0 aliphatic carbocycles. The van der Waals surface area contributed by atoms with Crippen LogP contribution in [0.2, 0.25) is 0 Å². The van der Waals surface area contributed by atoms with Crippen molar-refractivity contribution in [2.24, 2.45) is 0 Å². The van der Waals surface area contributed by atoms with Gasteiger partial charge in [0.05, 0.1) is 4.90 Å². The van der Waals surface area contributed by atoms with E-state index in [1.54, 1.807) is 36.7 Å². The Kier molecular flexibility index (Phi) is 3.74. The summed E-state index contributed by atoms with van der Waals surface area (Å²) in [5.41, 5.74) is 0. The summed E-state index contributed by atoms with van der Waals surface area (Å²) in [6.45, 7) is 3.91. The maximum atomic E-state index is 12.2. The van der Waals surface area contributed by atoms with E-state index in [1.807, 2.05) is 6.07 Å². The van der Waals surface area contributed by atoms with Crippen LogP contribution in [-0.4, -0.2) is 19.9 Å². The van der Waals surface area contributed by atoms with E-state index in [1.165, 1.54) is 0 Å². The predicted molar refractivity (Wildman–Crippen MR) is 71.7 cm³/mol. The first-order chi connectivity index (χ1) is 8.65. The highest BCUT2D eigenvalue weighted by Gasteiger charge is 2.15. The molecule has 0 aliphatic rings. The van der Waals surface area contributed by atoms with Crippen LogP contribution < -0.4 is 4.72 Å². The van der Waals surface area contributed by atoms with Gasteiger partial charge in [0.2, 0.25) is 10.0 Å². The molecular weight excluding hydrogens is 248 g/mol. The fraction of sp³-hybridized carbons (Fsp3) is 0.154. The number of nitrogens with one attached hydrogen (secondary N) is 1. The van der Waals surface area contributed by atoms with E-state index in [4.69, 9.17) is 0 Å². The van der Waals surface area contributed by atoms with Gasteiger partial charge in [-0.15, -0.1) is 6.58 Å². The highest BCUT2D eigenvalue weighted by Crippen LogP contribution is 2.21. The van der Waals surface area contributed by atoms with Crippen molar-refractivity contribution in [3.8, 4) is 0 Å². The third-order valence-electron chi connectivity index (χ3n) is 2.57. The van der Waals surface area contributed by atoms with E-state index in [0.29, 0.717) is 18.4 Å². The molecule has 0 bridgehead atoms. The standard InChI is InChI=1S/C13H14N2O2S/c1-2-3-8-15-18(16,17)13-6-4-5-11-10-14-9-7-12(11)13/h2,4-7,9-10,15H,1,3,8H2. The zero-order valence-corrected chi connectivity index (χ0v) is 10.7. The topological polar surface area (TPSA) is 59.1 Å². The SMILES string of the molecule is C=CCCNS(=O)(=O)c1cccc2cnccc12. The first kappa shape index (κ1) is 12.7. The molecule has 94 valence electrons. The van der Waals surface area contributed by atoms with Crippen molar-refractivity contribution in [1.82, 2.24) is 9.71 Å². The van der Waals surface area contributed by atoms with Gasteiger partial charge in [0.1, 0.15) is 0 Å². The fourth-order valence-electron chi connectivity index (χ4n) is 1.70. The van der Waals surface area contributed by atoms with Crippen molar-refractivity contribution in [2.45, 2.75) is 11.3 Å². The van der Waals surface area contributed by atoms with E-state index >= 15 is 0 Å². The Morgan fingerprint density at radius 2 is 2.17 bits per heavy atom. The van der Waals surface area contributed by atoms with Gasteiger partial charge in [0.15, 0.2) is 0 Å². The van der Waals surface area contributed by atoms with Crippen LogP contribution in [0.15, 0.2) is 54.2 Å². The van der Waals surface area contributed by atoms with Crippen LogP contribution in [-0.2, 0) is 10.0 Å². The minimum Gasteiger partial charge on any atom is -0.264 e. The summed E-state index contributed by atoms with van der Waals surface area (Å²) in [4.78, 5) is 4.27. The smallest absolute Gasteiger partial charge is 0.241 e. The molecular formula is C13H14N2O2S. The number of aromatic nitrogens is 1. The number of fused-ring (bicyclic) bond motifs is 1. The average molecular weight is 262 g/mol. The molecule has 5 heteroatoms. The van der Waals surface area contributed by atoms with Crippen molar-refractivity contribution in [2.75, 3.05) is 6.54 Å². The van der Waals surface area contributed by atoms with E-state index in [-0.39, 0.29) is 4.90 Å². The maximum absolute atomic E-state index is 12.2. The molecule has 0 spiro atoms. The van der Waals surface area contributed by atoms with Crippen molar-refractivity contribution in [1.29, 1.82) is 0 Å². The Hall–Kier alpha value is -1.72. The first-order valence-corrected chi connectivity index (χ1v) is 7.07. The molecule has 0 aliphatic heterocycles. The Balaban J connectivity index is 2.44. The molecule has 0 fully saturated rings. The Morgan fingerprint density at radius 3 is 2.94 bits per heavy atom. The molecule has 4 nitrogen and oxygen atoms in total. The molecule has 1 aromatic heterocycles. The van der Waals surface area contributed by atoms with Crippen LogP contribution in [0.3, 0.4) is 0 Å². The number of hydrogen-bond acceptors (Lipinski definition) is 3. The molecule has 1 heterocycles. The van der Waals surface area contributed by atoms with Gasteiger partial charge in [0, 0.05) is 29.7 Å². The third kappa shape index (κ3) is 2.57. The van der Waals surface area contributed by atoms with E-state index in [2.05, 4.69) is 16.3 Å². The normalized spacial score (nSPS) is 11.6. The summed E-state index contributed by atoms with van der Waals surface area (Å²) in [5.74, 6) is 0. The lowest BCUT2D eigenvalue weighted by Crippen LogP contribution is -2.24. The minimum absolute atomic E-state index is 0.284. The average Bonchev–Trinajstić information content (AvgIpc) is 2.38.